The Kier molecular flexibility index (Phi) is 4.97. The minimum absolute atomic E-state index is 0.149. The highest BCUT2D eigenvalue weighted by Gasteiger charge is 2.26. The molecule has 1 fully saturated rings. The predicted octanol–water partition coefficient (Wildman–Crippen LogP) is 4.95. The summed E-state index contributed by atoms with van der Waals surface area (Å²) < 4.78 is 19.2. The quantitative estimate of drug-likeness (QED) is 0.774. The van der Waals surface area contributed by atoms with E-state index in [2.05, 4.69) is 17.0 Å². The van der Waals surface area contributed by atoms with Crippen LogP contribution in [0.3, 0.4) is 0 Å². The van der Waals surface area contributed by atoms with E-state index in [0.717, 1.165) is 37.2 Å². The monoisotopic (exact) mass is 313 g/mol. The van der Waals surface area contributed by atoms with Gasteiger partial charge in [0, 0.05) is 12.6 Å². The fourth-order valence-corrected chi connectivity index (χ4v) is 3.29. The van der Waals surface area contributed by atoms with Gasteiger partial charge < -0.3 is 4.74 Å². The summed E-state index contributed by atoms with van der Waals surface area (Å²) in [4.78, 5) is 2.44. The van der Waals surface area contributed by atoms with Crippen molar-refractivity contribution in [3.63, 3.8) is 0 Å². The van der Waals surface area contributed by atoms with Crippen molar-refractivity contribution < 1.29 is 9.13 Å². The molecule has 3 rings (SSSR count). The molecule has 0 saturated carbocycles. The van der Waals surface area contributed by atoms with E-state index in [-0.39, 0.29) is 11.9 Å². The van der Waals surface area contributed by atoms with Gasteiger partial charge >= 0.3 is 0 Å². The number of halogens is 1. The first kappa shape index (κ1) is 16.0. The van der Waals surface area contributed by atoms with Gasteiger partial charge in [0.15, 0.2) is 0 Å². The zero-order valence-electron chi connectivity index (χ0n) is 13.8. The highest BCUT2D eigenvalue weighted by atomic mass is 19.1. The normalized spacial score (nSPS) is 18.5. The van der Waals surface area contributed by atoms with Gasteiger partial charge in [-0.2, -0.15) is 0 Å². The minimum Gasteiger partial charge on any atom is -0.491 e. The Morgan fingerprint density at radius 1 is 1.17 bits per heavy atom. The van der Waals surface area contributed by atoms with Gasteiger partial charge in [-0.3, -0.25) is 4.90 Å². The Balaban J connectivity index is 1.69. The van der Waals surface area contributed by atoms with E-state index in [1.54, 1.807) is 12.1 Å². The summed E-state index contributed by atoms with van der Waals surface area (Å²) in [5, 5.41) is 0. The molecule has 0 aromatic heterocycles. The maximum Gasteiger partial charge on any atom is 0.123 e. The molecular weight excluding hydrogens is 289 g/mol. The number of hydrogen-bond acceptors (Lipinski definition) is 2. The lowest BCUT2D eigenvalue weighted by Crippen LogP contribution is -2.22. The zero-order chi connectivity index (χ0) is 16.2. The van der Waals surface area contributed by atoms with Crippen molar-refractivity contribution in [3.8, 4) is 5.75 Å². The van der Waals surface area contributed by atoms with Gasteiger partial charge in [-0.25, -0.2) is 4.39 Å². The smallest absolute Gasteiger partial charge is 0.123 e. The summed E-state index contributed by atoms with van der Waals surface area (Å²) in [6.45, 7) is 6.01. The van der Waals surface area contributed by atoms with Crippen LogP contribution in [0, 0.1) is 5.82 Å². The van der Waals surface area contributed by atoms with Crippen LogP contribution in [0.1, 0.15) is 43.9 Å². The lowest BCUT2D eigenvalue weighted by molar-refractivity contribution is 0.240. The first-order chi connectivity index (χ1) is 11.1. The molecular formula is C20H24FNO. The Hall–Kier alpha value is -1.87. The van der Waals surface area contributed by atoms with Crippen molar-refractivity contribution >= 4 is 0 Å². The van der Waals surface area contributed by atoms with Crippen LogP contribution >= 0.6 is 0 Å². The topological polar surface area (TPSA) is 12.5 Å². The zero-order valence-corrected chi connectivity index (χ0v) is 13.8. The van der Waals surface area contributed by atoms with Crippen molar-refractivity contribution in [2.75, 3.05) is 6.54 Å². The number of likely N-dealkylation sites (tertiary alicyclic amines) is 1. The second-order valence-electron chi connectivity index (χ2n) is 6.49. The van der Waals surface area contributed by atoms with Gasteiger partial charge in [0.1, 0.15) is 11.6 Å². The SMILES string of the molecule is CC(C)Oc1ccc(CN2CCC[C@H]2c2cccc(F)c2)cc1. The molecule has 0 N–H and O–H groups in total. The van der Waals surface area contributed by atoms with Crippen LogP contribution in [0.25, 0.3) is 0 Å². The standard InChI is InChI=1S/C20H24FNO/c1-15(2)23-19-10-8-16(9-11-19)14-22-12-4-7-20(22)17-5-3-6-18(21)13-17/h3,5-6,8-11,13,15,20H,4,7,12,14H2,1-2H3/t20-/m0/s1. The van der Waals surface area contributed by atoms with Crippen LogP contribution in [-0.2, 0) is 6.54 Å². The van der Waals surface area contributed by atoms with Crippen LogP contribution in [0.15, 0.2) is 48.5 Å². The predicted molar refractivity (Wildman–Crippen MR) is 91.0 cm³/mol. The molecule has 0 aliphatic carbocycles. The third-order valence-electron chi connectivity index (χ3n) is 4.28. The summed E-state index contributed by atoms with van der Waals surface area (Å²) in [5.41, 5.74) is 2.35. The summed E-state index contributed by atoms with van der Waals surface area (Å²) in [6.07, 6.45) is 2.45. The van der Waals surface area contributed by atoms with E-state index < -0.39 is 0 Å². The van der Waals surface area contributed by atoms with Crippen LogP contribution in [-0.4, -0.2) is 17.5 Å². The number of hydrogen-bond donors (Lipinski definition) is 0. The molecule has 0 amide bonds. The van der Waals surface area contributed by atoms with Gasteiger partial charge in [-0.05, 0) is 68.6 Å². The number of rotatable bonds is 5. The molecule has 0 bridgehead atoms. The Morgan fingerprint density at radius 3 is 2.65 bits per heavy atom. The van der Waals surface area contributed by atoms with Crippen molar-refractivity contribution in [1.82, 2.24) is 4.90 Å². The Bertz CT molecular complexity index is 638. The van der Waals surface area contributed by atoms with Crippen molar-refractivity contribution in [2.24, 2.45) is 0 Å². The molecule has 1 heterocycles. The second-order valence-corrected chi connectivity index (χ2v) is 6.49. The van der Waals surface area contributed by atoms with E-state index in [1.165, 1.54) is 11.6 Å². The van der Waals surface area contributed by atoms with Gasteiger partial charge in [0.05, 0.1) is 6.10 Å². The molecule has 2 aromatic rings. The lowest BCUT2D eigenvalue weighted by Gasteiger charge is -2.25. The highest BCUT2D eigenvalue weighted by molar-refractivity contribution is 5.28. The molecule has 0 unspecified atom stereocenters. The summed E-state index contributed by atoms with van der Waals surface area (Å²) in [6, 6.07) is 15.6. The molecule has 122 valence electrons. The molecule has 3 heteroatoms. The van der Waals surface area contributed by atoms with Crippen molar-refractivity contribution in [2.45, 2.75) is 45.4 Å². The minimum atomic E-state index is -0.149. The molecule has 23 heavy (non-hydrogen) atoms. The number of nitrogens with zero attached hydrogens (tertiary/aromatic N) is 1. The Morgan fingerprint density at radius 2 is 1.96 bits per heavy atom. The van der Waals surface area contributed by atoms with Crippen LogP contribution in [0.2, 0.25) is 0 Å². The molecule has 2 aromatic carbocycles. The van der Waals surface area contributed by atoms with E-state index in [9.17, 15) is 4.39 Å². The van der Waals surface area contributed by atoms with Gasteiger partial charge in [-0.1, -0.05) is 24.3 Å². The van der Waals surface area contributed by atoms with E-state index >= 15 is 0 Å². The molecule has 1 saturated heterocycles. The largest absolute Gasteiger partial charge is 0.491 e. The van der Waals surface area contributed by atoms with Gasteiger partial charge in [0.25, 0.3) is 0 Å². The maximum atomic E-state index is 13.5. The third-order valence-corrected chi connectivity index (χ3v) is 4.28. The third kappa shape index (κ3) is 4.11. The summed E-state index contributed by atoms with van der Waals surface area (Å²) >= 11 is 0. The molecule has 0 radical (unpaired) electrons. The number of ether oxygens (including phenoxy) is 1. The molecule has 2 nitrogen and oxygen atoms in total. The maximum absolute atomic E-state index is 13.5. The fourth-order valence-electron chi connectivity index (χ4n) is 3.29. The van der Waals surface area contributed by atoms with Gasteiger partial charge in [0.2, 0.25) is 0 Å². The summed E-state index contributed by atoms with van der Waals surface area (Å²) in [5.74, 6) is 0.761. The molecule has 1 aliphatic rings. The first-order valence-electron chi connectivity index (χ1n) is 8.37. The van der Waals surface area contributed by atoms with Crippen LogP contribution < -0.4 is 4.74 Å². The van der Waals surface area contributed by atoms with Crippen molar-refractivity contribution in [3.05, 3.63) is 65.5 Å². The van der Waals surface area contributed by atoms with Crippen LogP contribution in [0.4, 0.5) is 4.39 Å². The van der Waals surface area contributed by atoms with E-state index in [1.807, 2.05) is 32.0 Å². The fraction of sp³-hybridized carbons (Fsp3) is 0.400. The highest BCUT2D eigenvalue weighted by Crippen LogP contribution is 2.33. The molecule has 0 spiro atoms. The average Bonchev–Trinajstić information content (AvgIpc) is 2.97. The van der Waals surface area contributed by atoms with E-state index in [0.29, 0.717) is 6.04 Å². The Labute approximate surface area is 137 Å². The molecule has 1 atom stereocenters. The second kappa shape index (κ2) is 7.14. The van der Waals surface area contributed by atoms with Gasteiger partial charge in [-0.15, -0.1) is 0 Å². The number of benzene rings is 2. The lowest BCUT2D eigenvalue weighted by atomic mass is 10.0. The van der Waals surface area contributed by atoms with Crippen LogP contribution in [0.5, 0.6) is 5.75 Å². The van der Waals surface area contributed by atoms with E-state index in [4.69, 9.17) is 4.74 Å². The van der Waals surface area contributed by atoms with Crippen molar-refractivity contribution in [1.29, 1.82) is 0 Å². The first-order valence-corrected chi connectivity index (χ1v) is 8.37. The average molecular weight is 313 g/mol. The summed E-state index contributed by atoms with van der Waals surface area (Å²) in [7, 11) is 0. The molecule has 1 aliphatic heterocycles.